The molecule has 0 aromatic heterocycles. The van der Waals surface area contributed by atoms with Crippen LogP contribution in [0.25, 0.3) is 0 Å². The predicted molar refractivity (Wildman–Crippen MR) is 64.2 cm³/mol. The first-order valence-corrected chi connectivity index (χ1v) is 5.53. The number of benzene rings is 1. The Kier molecular flexibility index (Phi) is 3.14. The van der Waals surface area contributed by atoms with E-state index in [-0.39, 0.29) is 5.78 Å². The fourth-order valence-corrected chi connectivity index (χ4v) is 2.10. The Morgan fingerprint density at radius 2 is 2.11 bits per heavy atom. The number of carbonyl (C=O) groups is 2. The van der Waals surface area contributed by atoms with Crippen molar-refractivity contribution >= 4 is 11.8 Å². The van der Waals surface area contributed by atoms with Crippen molar-refractivity contribution in [1.29, 1.82) is 0 Å². The number of halogens is 1. The van der Waals surface area contributed by atoms with Crippen LogP contribution in [0.15, 0.2) is 35.5 Å². The minimum absolute atomic E-state index is 0.158. The van der Waals surface area contributed by atoms with Crippen LogP contribution in [0.2, 0.25) is 0 Å². The van der Waals surface area contributed by atoms with E-state index in [2.05, 4.69) is 10.6 Å². The molecule has 1 aromatic carbocycles. The number of hydrogen-bond donors (Lipinski definition) is 2. The third kappa shape index (κ3) is 2.25. The second-order valence-electron chi connectivity index (χ2n) is 4.18. The van der Waals surface area contributed by atoms with Gasteiger partial charge in [-0.1, -0.05) is 12.1 Å². The van der Waals surface area contributed by atoms with Crippen LogP contribution in [0.3, 0.4) is 0 Å². The Hall–Kier alpha value is -2.17. The van der Waals surface area contributed by atoms with Crippen molar-refractivity contribution in [1.82, 2.24) is 10.6 Å². The summed E-state index contributed by atoms with van der Waals surface area (Å²) in [6.07, 6.45) is 0. The quantitative estimate of drug-likeness (QED) is 0.841. The van der Waals surface area contributed by atoms with Gasteiger partial charge in [-0.05, 0) is 31.5 Å². The van der Waals surface area contributed by atoms with E-state index in [1.807, 2.05) is 0 Å². The summed E-state index contributed by atoms with van der Waals surface area (Å²) < 4.78 is 13.2. The van der Waals surface area contributed by atoms with Gasteiger partial charge in [0.15, 0.2) is 5.78 Å². The maximum absolute atomic E-state index is 13.2. The van der Waals surface area contributed by atoms with Gasteiger partial charge in [0.1, 0.15) is 5.82 Å². The number of hydrogen-bond acceptors (Lipinski definition) is 2. The van der Waals surface area contributed by atoms with Crippen LogP contribution in [0.4, 0.5) is 9.18 Å². The number of nitrogens with one attached hydrogen (secondary N) is 2. The molecule has 94 valence electrons. The zero-order valence-corrected chi connectivity index (χ0v) is 10.1. The second-order valence-corrected chi connectivity index (χ2v) is 4.18. The molecule has 1 aromatic rings. The maximum atomic E-state index is 13.2. The summed E-state index contributed by atoms with van der Waals surface area (Å²) in [6, 6.07) is 4.85. The number of allylic oxidation sites excluding steroid dienone is 1. The number of ketones is 1. The van der Waals surface area contributed by atoms with Gasteiger partial charge < -0.3 is 10.6 Å². The standard InChI is InChI=1S/C13H13FN2O2/c1-7-11(8(2)17)12(16-13(18)15-7)9-4-3-5-10(14)6-9/h3-6,12H,1-2H3,(H2,15,16,18)/t12-/m1/s1. The molecule has 5 heteroatoms. The largest absolute Gasteiger partial charge is 0.327 e. The molecule has 0 bridgehead atoms. The lowest BCUT2D eigenvalue weighted by Crippen LogP contribution is -2.44. The Balaban J connectivity index is 2.50. The molecule has 18 heavy (non-hydrogen) atoms. The molecule has 0 radical (unpaired) electrons. The SMILES string of the molecule is CC(=O)C1=C(C)NC(=O)N[C@@H]1c1cccc(F)c1. The van der Waals surface area contributed by atoms with Crippen molar-refractivity contribution in [2.75, 3.05) is 0 Å². The molecule has 0 saturated heterocycles. The average molecular weight is 248 g/mol. The molecule has 0 aliphatic carbocycles. The normalized spacial score (nSPS) is 19.3. The van der Waals surface area contributed by atoms with E-state index in [0.29, 0.717) is 16.8 Å². The Morgan fingerprint density at radius 3 is 2.72 bits per heavy atom. The molecule has 0 unspecified atom stereocenters. The number of urea groups is 1. The van der Waals surface area contributed by atoms with Gasteiger partial charge in [-0.3, -0.25) is 4.79 Å². The topological polar surface area (TPSA) is 58.2 Å². The maximum Gasteiger partial charge on any atom is 0.319 e. The summed E-state index contributed by atoms with van der Waals surface area (Å²) in [5.41, 5.74) is 1.50. The molecule has 4 nitrogen and oxygen atoms in total. The molecule has 0 saturated carbocycles. The van der Waals surface area contributed by atoms with Crippen molar-refractivity contribution in [2.45, 2.75) is 19.9 Å². The second kappa shape index (κ2) is 4.60. The van der Waals surface area contributed by atoms with Gasteiger partial charge in [0.25, 0.3) is 0 Å². The third-order valence-corrected chi connectivity index (χ3v) is 2.83. The monoisotopic (exact) mass is 248 g/mol. The van der Waals surface area contributed by atoms with Gasteiger partial charge >= 0.3 is 6.03 Å². The van der Waals surface area contributed by atoms with Crippen LogP contribution in [0, 0.1) is 5.82 Å². The van der Waals surface area contributed by atoms with Crippen LogP contribution in [-0.4, -0.2) is 11.8 Å². The van der Waals surface area contributed by atoms with Gasteiger partial charge in [0, 0.05) is 11.3 Å². The van der Waals surface area contributed by atoms with Crippen molar-refractivity contribution in [3.63, 3.8) is 0 Å². The van der Waals surface area contributed by atoms with E-state index < -0.39 is 17.9 Å². The fraction of sp³-hybridized carbons (Fsp3) is 0.231. The smallest absolute Gasteiger partial charge is 0.319 e. The lowest BCUT2D eigenvalue weighted by atomic mass is 9.93. The number of carbonyl (C=O) groups excluding carboxylic acids is 2. The highest BCUT2D eigenvalue weighted by Gasteiger charge is 2.29. The summed E-state index contributed by atoms with van der Waals surface area (Å²) in [4.78, 5) is 23.1. The Bertz CT molecular complexity index is 552. The van der Waals surface area contributed by atoms with Gasteiger partial charge in [-0.25, -0.2) is 9.18 Å². The Morgan fingerprint density at radius 1 is 1.39 bits per heavy atom. The molecule has 1 heterocycles. The first kappa shape index (κ1) is 12.3. The van der Waals surface area contributed by atoms with Crippen LogP contribution in [0.5, 0.6) is 0 Å². The van der Waals surface area contributed by atoms with Crippen LogP contribution in [0.1, 0.15) is 25.5 Å². The van der Waals surface area contributed by atoms with E-state index in [1.165, 1.54) is 19.1 Å². The average Bonchev–Trinajstić information content (AvgIpc) is 2.27. The highest BCUT2D eigenvalue weighted by atomic mass is 19.1. The summed E-state index contributed by atoms with van der Waals surface area (Å²) in [5, 5.41) is 5.17. The molecular formula is C13H13FN2O2. The van der Waals surface area contributed by atoms with Gasteiger partial charge in [-0.15, -0.1) is 0 Å². The lowest BCUT2D eigenvalue weighted by Gasteiger charge is -2.28. The van der Waals surface area contributed by atoms with Crippen molar-refractivity contribution in [3.8, 4) is 0 Å². The minimum atomic E-state index is -0.605. The first-order valence-electron chi connectivity index (χ1n) is 5.53. The molecule has 1 atom stereocenters. The van der Waals surface area contributed by atoms with Crippen molar-refractivity contribution in [2.24, 2.45) is 0 Å². The fourth-order valence-electron chi connectivity index (χ4n) is 2.10. The van der Waals surface area contributed by atoms with Crippen LogP contribution in [-0.2, 0) is 4.79 Å². The van der Waals surface area contributed by atoms with Gasteiger partial charge in [0.2, 0.25) is 0 Å². The van der Waals surface area contributed by atoms with Gasteiger partial charge in [-0.2, -0.15) is 0 Å². The number of Topliss-reactive ketones (excluding diaryl/α,β-unsaturated/α-hetero) is 1. The molecule has 1 aliphatic heterocycles. The zero-order chi connectivity index (χ0) is 13.3. The van der Waals surface area contributed by atoms with E-state index >= 15 is 0 Å². The van der Waals surface area contributed by atoms with E-state index in [0.717, 1.165) is 0 Å². The summed E-state index contributed by atoms with van der Waals surface area (Å²) in [7, 11) is 0. The van der Waals surface area contributed by atoms with E-state index in [4.69, 9.17) is 0 Å². The summed E-state index contributed by atoms with van der Waals surface area (Å²) >= 11 is 0. The zero-order valence-electron chi connectivity index (χ0n) is 10.1. The summed E-state index contributed by atoms with van der Waals surface area (Å²) in [5.74, 6) is -0.560. The summed E-state index contributed by atoms with van der Waals surface area (Å²) in [6.45, 7) is 3.08. The van der Waals surface area contributed by atoms with Gasteiger partial charge in [0.05, 0.1) is 6.04 Å². The highest BCUT2D eigenvalue weighted by Crippen LogP contribution is 2.27. The van der Waals surface area contributed by atoms with Crippen molar-refractivity contribution < 1.29 is 14.0 Å². The van der Waals surface area contributed by atoms with E-state index in [1.54, 1.807) is 19.1 Å². The molecule has 2 amide bonds. The number of rotatable bonds is 2. The third-order valence-electron chi connectivity index (χ3n) is 2.83. The van der Waals surface area contributed by atoms with Crippen LogP contribution >= 0.6 is 0 Å². The lowest BCUT2D eigenvalue weighted by molar-refractivity contribution is -0.114. The molecular weight excluding hydrogens is 235 g/mol. The molecule has 0 spiro atoms. The van der Waals surface area contributed by atoms with Crippen LogP contribution < -0.4 is 10.6 Å². The van der Waals surface area contributed by atoms with Crippen molar-refractivity contribution in [3.05, 3.63) is 46.9 Å². The highest BCUT2D eigenvalue weighted by molar-refractivity contribution is 5.98. The predicted octanol–water partition coefficient (Wildman–Crippen LogP) is 2.04. The molecule has 2 N–H and O–H groups in total. The van der Waals surface area contributed by atoms with E-state index in [9.17, 15) is 14.0 Å². The number of amides is 2. The first-order chi connectivity index (χ1) is 8.49. The Labute approximate surface area is 104 Å². The minimum Gasteiger partial charge on any atom is -0.327 e. The molecule has 1 aliphatic rings. The molecule has 2 rings (SSSR count). The molecule has 0 fully saturated rings.